The Morgan fingerprint density at radius 1 is 1.33 bits per heavy atom. The maximum Gasteiger partial charge on any atom is 0.317 e. The van der Waals surface area contributed by atoms with Crippen molar-refractivity contribution in [1.29, 1.82) is 0 Å². The highest BCUT2D eigenvalue weighted by molar-refractivity contribution is 5.69. The summed E-state index contributed by atoms with van der Waals surface area (Å²) in [6.07, 6.45) is 2.05. The molecule has 1 aliphatic heterocycles. The normalized spacial score (nSPS) is 17.0. The van der Waals surface area contributed by atoms with Crippen LogP contribution in [0, 0.1) is 0 Å². The number of carboxylic acids is 1. The van der Waals surface area contributed by atoms with Crippen molar-refractivity contribution in [1.82, 2.24) is 9.80 Å². The molecule has 21 heavy (non-hydrogen) atoms. The van der Waals surface area contributed by atoms with Gasteiger partial charge in [-0.15, -0.1) is 0 Å². The van der Waals surface area contributed by atoms with Gasteiger partial charge in [-0.05, 0) is 45.1 Å². The molecule has 1 aromatic rings. The van der Waals surface area contributed by atoms with E-state index in [1.54, 1.807) is 0 Å². The molecule has 5 heteroatoms. The van der Waals surface area contributed by atoms with Gasteiger partial charge in [-0.3, -0.25) is 14.6 Å². The van der Waals surface area contributed by atoms with Gasteiger partial charge in [0.25, 0.3) is 0 Å². The highest BCUT2D eigenvalue weighted by Gasteiger charge is 2.23. The van der Waals surface area contributed by atoms with Gasteiger partial charge in [-0.25, -0.2) is 0 Å². The van der Waals surface area contributed by atoms with E-state index in [1.807, 2.05) is 42.3 Å². The molecule has 0 amide bonds. The fraction of sp³-hybridized carbons (Fsp3) is 0.562. The van der Waals surface area contributed by atoms with Gasteiger partial charge in [0.05, 0.1) is 6.54 Å². The Labute approximate surface area is 126 Å². The number of likely N-dealkylation sites (N-methyl/N-ethyl adjacent to an activating group) is 1. The molecule has 1 fully saturated rings. The Hall–Kier alpha value is -1.59. The summed E-state index contributed by atoms with van der Waals surface area (Å²) in [4.78, 5) is 15.1. The van der Waals surface area contributed by atoms with Crippen LogP contribution in [0.1, 0.15) is 12.8 Å². The summed E-state index contributed by atoms with van der Waals surface area (Å²) < 4.78 is 5.71. The van der Waals surface area contributed by atoms with E-state index in [0.717, 1.165) is 38.2 Å². The molecule has 0 radical (unpaired) electrons. The summed E-state index contributed by atoms with van der Waals surface area (Å²) in [5, 5.41) is 8.82. The molecule has 116 valence electrons. The van der Waals surface area contributed by atoms with Gasteiger partial charge < -0.3 is 9.84 Å². The molecule has 1 saturated heterocycles. The second-order valence-electron chi connectivity index (χ2n) is 5.54. The van der Waals surface area contributed by atoms with E-state index >= 15 is 0 Å². The van der Waals surface area contributed by atoms with E-state index in [2.05, 4.69) is 4.90 Å². The van der Waals surface area contributed by atoms with Crippen molar-refractivity contribution in [3.05, 3.63) is 30.3 Å². The Morgan fingerprint density at radius 2 is 2.00 bits per heavy atom. The number of carbonyl (C=O) groups is 1. The average molecular weight is 292 g/mol. The predicted octanol–water partition coefficient (Wildman–Crippen LogP) is 1.55. The molecule has 1 aliphatic rings. The van der Waals surface area contributed by atoms with Crippen LogP contribution in [0.4, 0.5) is 0 Å². The van der Waals surface area contributed by atoms with Crippen LogP contribution >= 0.6 is 0 Å². The SMILES string of the molecule is CN(CC(=O)O)C1CCN(CCOc2ccccc2)CC1. The lowest BCUT2D eigenvalue weighted by Gasteiger charge is -2.36. The molecule has 0 atom stereocenters. The average Bonchev–Trinajstić information content (AvgIpc) is 2.48. The zero-order valence-electron chi connectivity index (χ0n) is 12.6. The fourth-order valence-electron chi connectivity index (χ4n) is 2.74. The van der Waals surface area contributed by atoms with Crippen molar-refractivity contribution in [3.8, 4) is 5.75 Å². The Bertz CT molecular complexity index is 430. The van der Waals surface area contributed by atoms with E-state index < -0.39 is 5.97 Å². The molecule has 0 aliphatic carbocycles. The monoisotopic (exact) mass is 292 g/mol. The van der Waals surface area contributed by atoms with Gasteiger partial charge in [-0.1, -0.05) is 18.2 Å². The van der Waals surface area contributed by atoms with E-state index in [1.165, 1.54) is 0 Å². The number of hydrogen-bond donors (Lipinski definition) is 1. The number of carboxylic acid groups (broad SMARTS) is 1. The zero-order valence-corrected chi connectivity index (χ0v) is 12.6. The van der Waals surface area contributed by atoms with E-state index in [9.17, 15) is 4.79 Å². The lowest BCUT2D eigenvalue weighted by atomic mass is 10.0. The number of rotatable bonds is 7. The van der Waals surface area contributed by atoms with E-state index in [0.29, 0.717) is 12.6 Å². The van der Waals surface area contributed by atoms with Crippen LogP contribution < -0.4 is 4.74 Å². The van der Waals surface area contributed by atoms with E-state index in [4.69, 9.17) is 9.84 Å². The standard InChI is InChI=1S/C16H24N2O3/c1-17(13-16(19)20)14-7-9-18(10-8-14)11-12-21-15-5-3-2-4-6-15/h2-6,14H,7-13H2,1H3,(H,19,20). The van der Waals surface area contributed by atoms with Gasteiger partial charge in [0, 0.05) is 12.6 Å². The number of para-hydroxylation sites is 1. The highest BCUT2D eigenvalue weighted by Crippen LogP contribution is 2.15. The first kappa shape index (κ1) is 15.8. The van der Waals surface area contributed by atoms with Crippen molar-refractivity contribution in [3.63, 3.8) is 0 Å². The van der Waals surface area contributed by atoms with Crippen molar-refractivity contribution in [2.24, 2.45) is 0 Å². The predicted molar refractivity (Wildman–Crippen MR) is 81.7 cm³/mol. The Morgan fingerprint density at radius 3 is 2.62 bits per heavy atom. The van der Waals surface area contributed by atoms with Crippen LogP contribution in [0.25, 0.3) is 0 Å². The molecule has 1 aromatic carbocycles. The van der Waals surface area contributed by atoms with Crippen LogP contribution in [0.3, 0.4) is 0 Å². The molecule has 0 bridgehead atoms. The molecular formula is C16H24N2O3. The molecule has 0 aromatic heterocycles. The Balaban J connectivity index is 1.64. The van der Waals surface area contributed by atoms with Crippen LogP contribution in [0.2, 0.25) is 0 Å². The van der Waals surface area contributed by atoms with Crippen LogP contribution in [-0.2, 0) is 4.79 Å². The smallest absolute Gasteiger partial charge is 0.317 e. The van der Waals surface area contributed by atoms with Crippen LogP contribution in [-0.4, -0.2) is 66.8 Å². The third-order valence-electron chi connectivity index (χ3n) is 3.98. The molecule has 0 spiro atoms. The molecule has 1 N–H and O–H groups in total. The first-order chi connectivity index (χ1) is 10.1. The van der Waals surface area contributed by atoms with Crippen molar-refractivity contribution in [2.75, 3.05) is 39.8 Å². The quantitative estimate of drug-likeness (QED) is 0.826. The minimum atomic E-state index is -0.754. The first-order valence-corrected chi connectivity index (χ1v) is 7.47. The summed E-state index contributed by atoms with van der Waals surface area (Å²) in [5.41, 5.74) is 0. The van der Waals surface area contributed by atoms with Crippen LogP contribution in [0.5, 0.6) is 5.75 Å². The first-order valence-electron chi connectivity index (χ1n) is 7.47. The number of nitrogens with zero attached hydrogens (tertiary/aromatic N) is 2. The maximum atomic E-state index is 10.7. The number of ether oxygens (including phenoxy) is 1. The fourth-order valence-corrected chi connectivity index (χ4v) is 2.74. The van der Waals surface area contributed by atoms with Crippen LogP contribution in [0.15, 0.2) is 30.3 Å². The third-order valence-corrected chi connectivity index (χ3v) is 3.98. The van der Waals surface area contributed by atoms with Gasteiger partial charge in [0.15, 0.2) is 0 Å². The second kappa shape index (κ2) is 8.00. The molecule has 1 heterocycles. The number of aliphatic carboxylic acids is 1. The van der Waals surface area contributed by atoms with Crippen molar-refractivity contribution >= 4 is 5.97 Å². The van der Waals surface area contributed by atoms with Gasteiger partial charge >= 0.3 is 5.97 Å². The lowest BCUT2D eigenvalue weighted by Crippen LogP contribution is -2.45. The topological polar surface area (TPSA) is 53.0 Å². The van der Waals surface area contributed by atoms with Gasteiger partial charge in [0.2, 0.25) is 0 Å². The maximum absolute atomic E-state index is 10.7. The summed E-state index contributed by atoms with van der Waals surface area (Å²) in [6.45, 7) is 3.76. The number of hydrogen-bond acceptors (Lipinski definition) is 4. The largest absolute Gasteiger partial charge is 0.492 e. The van der Waals surface area contributed by atoms with Crippen molar-refractivity contribution < 1.29 is 14.6 Å². The second-order valence-corrected chi connectivity index (χ2v) is 5.54. The molecule has 5 nitrogen and oxygen atoms in total. The van der Waals surface area contributed by atoms with Crippen molar-refractivity contribution in [2.45, 2.75) is 18.9 Å². The summed E-state index contributed by atoms with van der Waals surface area (Å²) in [7, 11) is 1.90. The summed E-state index contributed by atoms with van der Waals surface area (Å²) in [5.74, 6) is 0.157. The zero-order chi connectivity index (χ0) is 15.1. The molecule has 0 unspecified atom stereocenters. The molecule has 2 rings (SSSR count). The number of piperidine rings is 1. The Kier molecular flexibility index (Phi) is 6.02. The van der Waals surface area contributed by atoms with Gasteiger partial charge in [-0.2, -0.15) is 0 Å². The minimum absolute atomic E-state index is 0.127. The number of likely N-dealkylation sites (tertiary alicyclic amines) is 1. The highest BCUT2D eigenvalue weighted by atomic mass is 16.5. The summed E-state index contributed by atoms with van der Waals surface area (Å²) >= 11 is 0. The summed E-state index contributed by atoms with van der Waals surface area (Å²) in [6, 6.07) is 10.2. The van der Waals surface area contributed by atoms with E-state index in [-0.39, 0.29) is 6.54 Å². The molecule has 0 saturated carbocycles. The minimum Gasteiger partial charge on any atom is -0.492 e. The lowest BCUT2D eigenvalue weighted by molar-refractivity contribution is -0.138. The molecular weight excluding hydrogens is 268 g/mol. The van der Waals surface area contributed by atoms with Gasteiger partial charge in [0.1, 0.15) is 12.4 Å². The third kappa shape index (κ3) is 5.36. The number of benzene rings is 1.